The minimum absolute atomic E-state index is 0.118. The molecule has 3 heteroatoms. The SMILES string of the molecule is Nc1cccc2c1ccn2CC1OCCc2ccccc21. The largest absolute Gasteiger partial charge is 0.398 e. The van der Waals surface area contributed by atoms with Gasteiger partial charge in [0.05, 0.1) is 18.7 Å². The van der Waals surface area contributed by atoms with Crippen molar-refractivity contribution >= 4 is 16.6 Å². The van der Waals surface area contributed by atoms with Crippen LogP contribution >= 0.6 is 0 Å². The van der Waals surface area contributed by atoms with Crippen LogP contribution in [0.2, 0.25) is 0 Å². The van der Waals surface area contributed by atoms with Gasteiger partial charge < -0.3 is 15.0 Å². The number of fused-ring (bicyclic) bond motifs is 2. The summed E-state index contributed by atoms with van der Waals surface area (Å²) in [7, 11) is 0. The Kier molecular flexibility index (Phi) is 2.93. The van der Waals surface area contributed by atoms with Crippen molar-refractivity contribution in [2.24, 2.45) is 0 Å². The fourth-order valence-electron chi connectivity index (χ4n) is 3.21. The smallest absolute Gasteiger partial charge is 0.101 e. The molecule has 4 rings (SSSR count). The van der Waals surface area contributed by atoms with Crippen LogP contribution in [0.25, 0.3) is 10.9 Å². The van der Waals surface area contributed by atoms with E-state index in [1.165, 1.54) is 16.6 Å². The quantitative estimate of drug-likeness (QED) is 0.728. The van der Waals surface area contributed by atoms with Gasteiger partial charge in [0.1, 0.15) is 6.10 Å². The Morgan fingerprint density at radius 3 is 2.95 bits per heavy atom. The van der Waals surface area contributed by atoms with Gasteiger partial charge in [-0.05, 0) is 35.7 Å². The van der Waals surface area contributed by atoms with Crippen LogP contribution < -0.4 is 5.73 Å². The number of rotatable bonds is 2. The predicted octanol–water partition coefficient (Wildman–Crippen LogP) is 3.54. The number of nitrogens with zero attached hydrogens (tertiary/aromatic N) is 1. The molecule has 0 aliphatic carbocycles. The molecule has 0 saturated heterocycles. The number of benzene rings is 2. The molecule has 0 fully saturated rings. The summed E-state index contributed by atoms with van der Waals surface area (Å²) >= 11 is 0. The minimum atomic E-state index is 0.118. The van der Waals surface area contributed by atoms with E-state index in [1.807, 2.05) is 12.1 Å². The molecule has 1 aliphatic rings. The Balaban J connectivity index is 1.71. The average Bonchev–Trinajstić information content (AvgIpc) is 2.92. The van der Waals surface area contributed by atoms with Gasteiger partial charge >= 0.3 is 0 Å². The van der Waals surface area contributed by atoms with Crippen LogP contribution in [0.5, 0.6) is 0 Å². The standard InChI is InChI=1S/C18H18N2O/c19-16-6-3-7-17-15(16)8-10-20(17)12-18-14-5-2-1-4-13(14)9-11-21-18/h1-8,10,18H,9,11-12,19H2. The van der Waals surface area contributed by atoms with Gasteiger partial charge in [-0.3, -0.25) is 0 Å². The van der Waals surface area contributed by atoms with Crippen molar-refractivity contribution in [2.75, 3.05) is 12.3 Å². The Labute approximate surface area is 123 Å². The number of ether oxygens (including phenoxy) is 1. The van der Waals surface area contributed by atoms with E-state index in [4.69, 9.17) is 10.5 Å². The summed E-state index contributed by atoms with van der Waals surface area (Å²) in [5.41, 5.74) is 10.8. The zero-order valence-corrected chi connectivity index (χ0v) is 11.8. The van der Waals surface area contributed by atoms with Crippen molar-refractivity contribution < 1.29 is 4.74 Å². The van der Waals surface area contributed by atoms with E-state index < -0.39 is 0 Å². The summed E-state index contributed by atoms with van der Waals surface area (Å²) in [4.78, 5) is 0. The van der Waals surface area contributed by atoms with Crippen molar-refractivity contribution in [2.45, 2.75) is 19.1 Å². The molecule has 106 valence electrons. The molecule has 1 unspecified atom stereocenters. The highest BCUT2D eigenvalue weighted by Crippen LogP contribution is 2.30. The molecule has 3 aromatic rings. The van der Waals surface area contributed by atoms with Crippen LogP contribution in [0.15, 0.2) is 54.7 Å². The molecule has 2 N–H and O–H groups in total. The van der Waals surface area contributed by atoms with Crippen LogP contribution in [0.4, 0.5) is 5.69 Å². The number of aromatic nitrogens is 1. The first-order valence-electron chi connectivity index (χ1n) is 7.35. The molecule has 2 heterocycles. The number of hydrogen-bond donors (Lipinski definition) is 1. The molecular weight excluding hydrogens is 260 g/mol. The molecular formula is C18H18N2O. The van der Waals surface area contributed by atoms with Crippen molar-refractivity contribution in [1.82, 2.24) is 4.57 Å². The van der Waals surface area contributed by atoms with E-state index in [0.717, 1.165) is 30.6 Å². The summed E-state index contributed by atoms with van der Waals surface area (Å²) in [6.45, 7) is 1.62. The zero-order chi connectivity index (χ0) is 14.2. The third kappa shape index (κ3) is 2.10. The maximum absolute atomic E-state index is 6.03. The van der Waals surface area contributed by atoms with E-state index in [1.54, 1.807) is 0 Å². The molecule has 1 aliphatic heterocycles. The lowest BCUT2D eigenvalue weighted by Crippen LogP contribution is -2.20. The monoisotopic (exact) mass is 278 g/mol. The summed E-state index contributed by atoms with van der Waals surface area (Å²) in [5, 5.41) is 1.11. The fraction of sp³-hybridized carbons (Fsp3) is 0.222. The van der Waals surface area contributed by atoms with Crippen molar-refractivity contribution in [1.29, 1.82) is 0 Å². The van der Waals surface area contributed by atoms with Gasteiger partial charge in [-0.25, -0.2) is 0 Å². The zero-order valence-electron chi connectivity index (χ0n) is 11.8. The van der Waals surface area contributed by atoms with E-state index >= 15 is 0 Å². The summed E-state index contributed by atoms with van der Waals surface area (Å²) < 4.78 is 8.24. The lowest BCUT2D eigenvalue weighted by atomic mass is 9.97. The molecule has 3 nitrogen and oxygen atoms in total. The second-order valence-electron chi connectivity index (χ2n) is 5.56. The summed E-state index contributed by atoms with van der Waals surface area (Å²) in [6.07, 6.45) is 3.22. The first-order valence-corrected chi connectivity index (χ1v) is 7.35. The number of anilines is 1. The first-order chi connectivity index (χ1) is 10.3. The molecule has 2 aromatic carbocycles. The van der Waals surface area contributed by atoms with Gasteiger partial charge in [0.15, 0.2) is 0 Å². The molecule has 21 heavy (non-hydrogen) atoms. The van der Waals surface area contributed by atoms with E-state index in [2.05, 4.69) is 47.2 Å². The highest BCUT2D eigenvalue weighted by molar-refractivity contribution is 5.91. The van der Waals surface area contributed by atoms with Crippen LogP contribution in [0.3, 0.4) is 0 Å². The third-order valence-corrected chi connectivity index (χ3v) is 4.30. The van der Waals surface area contributed by atoms with Crippen molar-refractivity contribution in [3.63, 3.8) is 0 Å². The van der Waals surface area contributed by atoms with Crippen LogP contribution in [0.1, 0.15) is 17.2 Å². The Morgan fingerprint density at radius 1 is 1.10 bits per heavy atom. The molecule has 0 radical (unpaired) electrons. The molecule has 0 amide bonds. The predicted molar refractivity (Wildman–Crippen MR) is 85.2 cm³/mol. The van der Waals surface area contributed by atoms with Gasteiger partial charge in [0, 0.05) is 17.3 Å². The number of nitrogens with two attached hydrogens (primary N) is 1. The van der Waals surface area contributed by atoms with Gasteiger partial charge in [0.25, 0.3) is 0 Å². The summed E-state index contributed by atoms with van der Waals surface area (Å²) in [6, 6.07) is 16.7. The van der Waals surface area contributed by atoms with E-state index in [0.29, 0.717) is 0 Å². The molecule has 0 saturated carbocycles. The van der Waals surface area contributed by atoms with Crippen LogP contribution in [-0.2, 0) is 17.7 Å². The minimum Gasteiger partial charge on any atom is -0.398 e. The Bertz CT molecular complexity index is 791. The van der Waals surface area contributed by atoms with Gasteiger partial charge in [-0.15, -0.1) is 0 Å². The maximum Gasteiger partial charge on any atom is 0.101 e. The number of nitrogen functional groups attached to an aromatic ring is 1. The first kappa shape index (κ1) is 12.5. The third-order valence-electron chi connectivity index (χ3n) is 4.30. The molecule has 1 aromatic heterocycles. The lowest BCUT2D eigenvalue weighted by molar-refractivity contribution is 0.0314. The van der Waals surface area contributed by atoms with Crippen LogP contribution in [-0.4, -0.2) is 11.2 Å². The maximum atomic E-state index is 6.03. The number of hydrogen-bond acceptors (Lipinski definition) is 2. The second kappa shape index (κ2) is 4.93. The summed E-state index contributed by atoms with van der Waals surface area (Å²) in [5.74, 6) is 0. The second-order valence-corrected chi connectivity index (χ2v) is 5.56. The Morgan fingerprint density at radius 2 is 2.00 bits per heavy atom. The molecule has 0 bridgehead atoms. The van der Waals surface area contributed by atoms with Crippen LogP contribution in [0, 0.1) is 0 Å². The van der Waals surface area contributed by atoms with E-state index in [9.17, 15) is 0 Å². The highest BCUT2D eigenvalue weighted by Gasteiger charge is 2.21. The topological polar surface area (TPSA) is 40.2 Å². The highest BCUT2D eigenvalue weighted by atomic mass is 16.5. The molecule has 1 atom stereocenters. The average molecular weight is 278 g/mol. The van der Waals surface area contributed by atoms with Gasteiger partial charge in [-0.1, -0.05) is 30.3 Å². The van der Waals surface area contributed by atoms with Crippen molar-refractivity contribution in [3.8, 4) is 0 Å². The fourth-order valence-corrected chi connectivity index (χ4v) is 3.21. The van der Waals surface area contributed by atoms with Gasteiger partial charge in [0.2, 0.25) is 0 Å². The van der Waals surface area contributed by atoms with Gasteiger partial charge in [-0.2, -0.15) is 0 Å². The van der Waals surface area contributed by atoms with Crippen molar-refractivity contribution in [3.05, 3.63) is 65.9 Å². The Hall–Kier alpha value is -2.26. The van der Waals surface area contributed by atoms with E-state index in [-0.39, 0.29) is 6.10 Å². The molecule has 0 spiro atoms. The lowest BCUT2D eigenvalue weighted by Gasteiger charge is -2.26. The normalized spacial score (nSPS) is 17.8.